The number of carbonyl (C=O) groups excluding carboxylic acids is 2. The van der Waals surface area contributed by atoms with Crippen LogP contribution < -0.4 is 10.1 Å². The van der Waals surface area contributed by atoms with E-state index in [2.05, 4.69) is 20.6 Å². The molecule has 31 heavy (non-hydrogen) atoms. The first kappa shape index (κ1) is 21.2. The normalized spacial score (nSPS) is 19.8. The van der Waals surface area contributed by atoms with Gasteiger partial charge in [0.25, 0.3) is 0 Å². The minimum atomic E-state index is -0.508. The Bertz CT molecular complexity index is 1150. The highest BCUT2D eigenvalue weighted by Gasteiger charge is 2.51. The number of rotatable bonds is 5. The molecule has 1 unspecified atom stereocenters. The summed E-state index contributed by atoms with van der Waals surface area (Å²) in [6.07, 6.45) is 0. The number of hydrogen-bond donors (Lipinski definition) is 1. The van der Waals surface area contributed by atoms with Gasteiger partial charge in [-0.3, -0.25) is 4.79 Å². The van der Waals surface area contributed by atoms with Crippen molar-refractivity contribution >= 4 is 56.3 Å². The number of amidine groups is 1. The number of thioether (sulfide) groups is 2. The fourth-order valence-corrected chi connectivity index (χ4v) is 4.77. The lowest BCUT2D eigenvalue weighted by Crippen LogP contribution is -2.51. The van der Waals surface area contributed by atoms with E-state index in [-0.39, 0.29) is 29.0 Å². The third-order valence-electron chi connectivity index (χ3n) is 4.50. The van der Waals surface area contributed by atoms with Crippen LogP contribution in [-0.2, 0) is 9.59 Å². The van der Waals surface area contributed by atoms with Crippen LogP contribution >= 0.6 is 23.5 Å². The molecule has 0 saturated carbocycles. The SMILES string of the molecule is COc1ccc(C2=NN=C3SC(SCC(=O)Nc4ccccc4F)=N[N+]3(C)C2=O)cc1. The number of nitrogens with one attached hydrogen (secondary N) is 1. The van der Waals surface area contributed by atoms with E-state index in [0.717, 1.165) is 11.8 Å². The first-order valence-electron chi connectivity index (χ1n) is 9.08. The van der Waals surface area contributed by atoms with E-state index in [1.807, 2.05) is 0 Å². The van der Waals surface area contributed by atoms with Crippen LogP contribution in [-0.4, -0.2) is 51.6 Å². The van der Waals surface area contributed by atoms with E-state index in [9.17, 15) is 14.0 Å². The molecule has 0 aliphatic carbocycles. The molecule has 4 rings (SSSR count). The van der Waals surface area contributed by atoms with Crippen molar-refractivity contribution in [2.45, 2.75) is 0 Å². The van der Waals surface area contributed by atoms with Crippen LogP contribution in [0.1, 0.15) is 5.56 Å². The quantitative estimate of drug-likeness (QED) is 0.695. The Morgan fingerprint density at radius 2 is 1.94 bits per heavy atom. The first-order valence-corrected chi connectivity index (χ1v) is 10.9. The van der Waals surface area contributed by atoms with E-state index in [1.54, 1.807) is 50.6 Å². The topological polar surface area (TPSA) is 92.5 Å². The van der Waals surface area contributed by atoms with E-state index in [4.69, 9.17) is 4.74 Å². The molecule has 2 aliphatic heterocycles. The second-order valence-corrected chi connectivity index (χ2v) is 8.79. The van der Waals surface area contributed by atoms with Crippen molar-refractivity contribution in [3.8, 4) is 5.75 Å². The van der Waals surface area contributed by atoms with Crippen LogP contribution in [0, 0.1) is 5.82 Å². The average Bonchev–Trinajstić information content (AvgIpc) is 3.12. The number of quaternary nitrogens is 1. The van der Waals surface area contributed by atoms with E-state index < -0.39 is 10.4 Å². The van der Waals surface area contributed by atoms with Gasteiger partial charge < -0.3 is 10.1 Å². The number of methoxy groups -OCH3 is 1. The Hall–Kier alpha value is -3.02. The first-order chi connectivity index (χ1) is 14.9. The summed E-state index contributed by atoms with van der Waals surface area (Å²) in [7, 11) is 3.19. The predicted octanol–water partition coefficient (Wildman–Crippen LogP) is 3.27. The van der Waals surface area contributed by atoms with Crippen LogP contribution in [0.25, 0.3) is 0 Å². The van der Waals surface area contributed by atoms with Crippen molar-refractivity contribution in [2.24, 2.45) is 15.3 Å². The molecule has 11 heteroatoms. The van der Waals surface area contributed by atoms with Crippen LogP contribution in [0.2, 0.25) is 0 Å². The second kappa shape index (κ2) is 8.61. The Labute approximate surface area is 185 Å². The minimum absolute atomic E-state index is 0.00777. The van der Waals surface area contributed by atoms with E-state index in [0.29, 0.717) is 20.9 Å². The van der Waals surface area contributed by atoms with Crippen molar-refractivity contribution in [1.82, 2.24) is 0 Å². The van der Waals surface area contributed by atoms with Crippen molar-refractivity contribution in [3.05, 3.63) is 59.9 Å². The summed E-state index contributed by atoms with van der Waals surface area (Å²) >= 11 is 2.33. The molecule has 1 atom stereocenters. The van der Waals surface area contributed by atoms with Crippen molar-refractivity contribution in [2.75, 3.05) is 25.2 Å². The number of amides is 2. The summed E-state index contributed by atoms with van der Waals surface area (Å²) in [6, 6.07) is 12.9. The Morgan fingerprint density at radius 1 is 1.19 bits per heavy atom. The van der Waals surface area contributed by atoms with Gasteiger partial charge in [-0.25, -0.2) is 9.18 Å². The van der Waals surface area contributed by atoms with Gasteiger partial charge in [-0.1, -0.05) is 38.7 Å². The molecule has 0 spiro atoms. The molecule has 8 nitrogen and oxygen atoms in total. The monoisotopic (exact) mass is 458 g/mol. The van der Waals surface area contributed by atoms with Gasteiger partial charge in [-0.15, -0.1) is 5.10 Å². The maximum atomic E-state index is 13.7. The molecule has 0 saturated heterocycles. The second-order valence-electron chi connectivity index (χ2n) is 6.61. The molecule has 0 aromatic heterocycles. The standard InChI is InChI=1S/C20H16FN5O3S2/c1-26-18(28)17(12-7-9-13(29-2)10-8-12)23-24-19(26)31-20(25-26)30-11-16(27)22-15-6-4-3-5-14(15)21/h3-10H,11H2,1-2H3/p+1. The molecular formula is C20H17FN5O3S2+. The summed E-state index contributed by atoms with van der Waals surface area (Å²) in [6.45, 7) is 0. The number of carbonyl (C=O) groups is 2. The van der Waals surface area contributed by atoms with Crippen LogP contribution in [0.5, 0.6) is 5.75 Å². The molecule has 158 valence electrons. The number of benzene rings is 2. The van der Waals surface area contributed by atoms with Crippen molar-refractivity contribution < 1.29 is 23.3 Å². The lowest BCUT2D eigenvalue weighted by atomic mass is 10.1. The number of hydrogen-bond acceptors (Lipinski definition) is 8. The van der Waals surface area contributed by atoms with E-state index >= 15 is 0 Å². The Morgan fingerprint density at radius 3 is 2.65 bits per heavy atom. The highest BCUT2D eigenvalue weighted by molar-refractivity contribution is 8.45. The number of likely N-dealkylation sites (N-methyl/N-ethyl adjacent to an activating group) is 1. The molecule has 2 amide bonds. The molecule has 0 bridgehead atoms. The van der Waals surface area contributed by atoms with E-state index in [1.165, 1.54) is 23.9 Å². The van der Waals surface area contributed by atoms with Gasteiger partial charge in [-0.2, -0.15) is 0 Å². The smallest absolute Gasteiger partial charge is 0.399 e. The minimum Gasteiger partial charge on any atom is -0.497 e. The largest absolute Gasteiger partial charge is 0.497 e. The lowest BCUT2D eigenvalue weighted by Gasteiger charge is -2.21. The number of fused-ring (bicyclic) bond motifs is 1. The molecule has 0 fully saturated rings. The van der Waals surface area contributed by atoms with Gasteiger partial charge in [0.15, 0.2) is 4.38 Å². The third kappa shape index (κ3) is 4.24. The molecule has 0 radical (unpaired) electrons. The lowest BCUT2D eigenvalue weighted by molar-refractivity contribution is -0.738. The van der Waals surface area contributed by atoms with Gasteiger partial charge in [0.2, 0.25) is 11.6 Å². The van der Waals surface area contributed by atoms with Gasteiger partial charge in [0.05, 0.1) is 18.6 Å². The molecule has 2 aromatic rings. The van der Waals surface area contributed by atoms with Gasteiger partial charge in [0, 0.05) is 17.3 Å². The summed E-state index contributed by atoms with van der Waals surface area (Å²) in [5.41, 5.74) is 0.919. The summed E-state index contributed by atoms with van der Waals surface area (Å²) in [5.74, 6) is -0.539. The van der Waals surface area contributed by atoms with Crippen molar-refractivity contribution in [3.63, 3.8) is 0 Å². The highest BCUT2D eigenvalue weighted by Crippen LogP contribution is 2.35. The van der Waals surface area contributed by atoms with Gasteiger partial charge >= 0.3 is 11.1 Å². The number of ether oxygens (including phenoxy) is 1. The maximum absolute atomic E-state index is 13.7. The zero-order chi connectivity index (χ0) is 22.0. The highest BCUT2D eigenvalue weighted by atomic mass is 32.2. The van der Waals surface area contributed by atoms with Crippen molar-refractivity contribution in [1.29, 1.82) is 0 Å². The summed E-state index contributed by atoms with van der Waals surface area (Å²) in [4.78, 5) is 25.3. The molecular weight excluding hydrogens is 441 g/mol. The summed E-state index contributed by atoms with van der Waals surface area (Å²) < 4.78 is 18.9. The summed E-state index contributed by atoms with van der Waals surface area (Å²) in [5, 5.41) is 15.7. The van der Waals surface area contributed by atoms with Gasteiger partial charge in [0.1, 0.15) is 18.6 Å². The third-order valence-corrected chi connectivity index (χ3v) is 6.72. The number of halogens is 1. The van der Waals surface area contributed by atoms with Crippen LogP contribution in [0.3, 0.4) is 0 Å². The van der Waals surface area contributed by atoms with Crippen LogP contribution in [0.4, 0.5) is 10.1 Å². The van der Waals surface area contributed by atoms with Crippen LogP contribution in [0.15, 0.2) is 63.8 Å². The zero-order valence-corrected chi connectivity index (χ0v) is 18.2. The molecule has 2 aliphatic rings. The molecule has 2 aromatic carbocycles. The maximum Gasteiger partial charge on any atom is 0.399 e. The number of para-hydroxylation sites is 1. The predicted molar refractivity (Wildman–Crippen MR) is 121 cm³/mol. The number of anilines is 1. The van der Waals surface area contributed by atoms with Gasteiger partial charge in [-0.05, 0) is 36.4 Å². The Kier molecular flexibility index (Phi) is 5.90. The fraction of sp³-hybridized carbons (Fsp3) is 0.150. The zero-order valence-electron chi connectivity index (χ0n) is 16.5. The molecule has 2 heterocycles. The Balaban J connectivity index is 1.44. The average molecular weight is 459 g/mol. The molecule has 1 N–H and O–H groups in total. The fourth-order valence-electron chi connectivity index (χ4n) is 2.84. The number of nitrogens with zero attached hydrogens (tertiary/aromatic N) is 4.